The van der Waals surface area contributed by atoms with Gasteiger partial charge in [0.25, 0.3) is 0 Å². The first kappa shape index (κ1) is 33.3. The van der Waals surface area contributed by atoms with E-state index >= 15 is 0 Å². The highest BCUT2D eigenvalue weighted by Crippen LogP contribution is 2.41. The van der Waals surface area contributed by atoms with Gasteiger partial charge in [0.15, 0.2) is 0 Å². The van der Waals surface area contributed by atoms with Crippen molar-refractivity contribution in [1.29, 1.82) is 0 Å². The quantitative estimate of drug-likeness (QED) is 0.149. The molecule has 2 aliphatic rings. The van der Waals surface area contributed by atoms with E-state index in [1.807, 2.05) is 0 Å². The van der Waals surface area contributed by atoms with Crippen LogP contribution in [0.3, 0.4) is 0 Å². The van der Waals surface area contributed by atoms with E-state index in [4.69, 9.17) is 0 Å². The van der Waals surface area contributed by atoms with E-state index in [1.165, 1.54) is 92.4 Å². The second-order valence-electron chi connectivity index (χ2n) is 12.2. The fourth-order valence-electron chi connectivity index (χ4n) is 6.01. The van der Waals surface area contributed by atoms with Crippen molar-refractivity contribution in [3.8, 4) is 22.3 Å². The Hall–Kier alpha value is -3.64. The molecule has 0 unspecified atom stereocenters. The van der Waals surface area contributed by atoms with E-state index in [-0.39, 0.29) is 0 Å². The molecule has 0 nitrogen and oxygen atoms in total. The predicted octanol–water partition coefficient (Wildman–Crippen LogP) is 13.1. The van der Waals surface area contributed by atoms with Gasteiger partial charge in [-0.15, -0.1) is 0 Å². The molecule has 4 aromatic carbocycles. The molecule has 0 atom stereocenters. The maximum Gasteiger partial charge on any atom is -0.00131 e. The summed E-state index contributed by atoms with van der Waals surface area (Å²) in [5.41, 5.74) is 17.2. The lowest BCUT2D eigenvalue weighted by atomic mass is 9.97. The van der Waals surface area contributed by atoms with Gasteiger partial charge in [0.2, 0.25) is 0 Å². The third-order valence-corrected chi connectivity index (χ3v) is 8.92. The Morgan fingerprint density at radius 2 is 0.886 bits per heavy atom. The maximum absolute atomic E-state index is 2.40. The molecule has 0 saturated heterocycles. The number of rotatable bonds is 9. The first-order chi connectivity index (χ1) is 21.6. The van der Waals surface area contributed by atoms with Crippen molar-refractivity contribution in [2.45, 2.75) is 106 Å². The van der Waals surface area contributed by atoms with Crippen molar-refractivity contribution in [2.75, 3.05) is 0 Å². The first-order valence-corrected chi connectivity index (χ1v) is 17.4. The summed E-state index contributed by atoms with van der Waals surface area (Å²) in [5.74, 6) is 0. The topological polar surface area (TPSA) is 0 Å². The lowest BCUT2D eigenvalue weighted by Gasteiger charge is -2.07. The second kappa shape index (κ2) is 17.0. The summed E-state index contributed by atoms with van der Waals surface area (Å²) in [7, 11) is 0. The third-order valence-electron chi connectivity index (χ3n) is 8.92. The Morgan fingerprint density at radius 3 is 1.25 bits per heavy atom. The van der Waals surface area contributed by atoms with Gasteiger partial charge in [-0.05, 0) is 105 Å². The van der Waals surface area contributed by atoms with E-state index in [0.717, 1.165) is 38.5 Å². The molecule has 0 heterocycles. The Bertz CT molecular complexity index is 1440. The van der Waals surface area contributed by atoms with E-state index < -0.39 is 0 Å². The minimum absolute atomic E-state index is 1.05. The Balaban J connectivity index is 0.000000496. The standard InChI is InChI=1S/C36H34.2C4H10/c1-3-25-17-19-33-31(21-25)23-29-15-9-13-27(35(29)33)11-7-5-6-8-12-28-14-10-16-30-24-32-22-26(4-2)18-20-34(32)36(28)30;2*1-3-4-2/h7-22H,3-6,23-24H2,1-2H3;2*3-4H2,1-2H3/b11-7+,12-8+;;. The number of allylic oxidation sites excluding steroid dienone is 2. The summed E-state index contributed by atoms with van der Waals surface area (Å²) in [6, 6.07) is 27.6. The minimum atomic E-state index is 1.05. The van der Waals surface area contributed by atoms with E-state index in [0.29, 0.717) is 0 Å². The van der Waals surface area contributed by atoms with Crippen molar-refractivity contribution >= 4 is 12.2 Å². The average Bonchev–Trinajstić information content (AvgIpc) is 3.64. The van der Waals surface area contributed by atoms with Gasteiger partial charge in [0.05, 0.1) is 0 Å². The Labute approximate surface area is 269 Å². The number of hydrogen-bond donors (Lipinski definition) is 0. The van der Waals surface area contributed by atoms with Gasteiger partial charge in [0, 0.05) is 0 Å². The molecule has 0 bridgehead atoms. The van der Waals surface area contributed by atoms with Crippen molar-refractivity contribution in [3.63, 3.8) is 0 Å². The van der Waals surface area contributed by atoms with Crippen molar-refractivity contribution < 1.29 is 0 Å². The molecule has 0 spiro atoms. The maximum atomic E-state index is 2.40. The molecule has 0 fully saturated rings. The number of hydrogen-bond acceptors (Lipinski definition) is 0. The number of benzene rings is 4. The summed E-state index contributed by atoms with van der Waals surface area (Å²) in [5, 5.41) is 0. The fraction of sp³-hybridized carbons (Fsp3) is 0.364. The monoisotopic (exact) mass is 582 g/mol. The van der Waals surface area contributed by atoms with E-state index in [1.54, 1.807) is 0 Å². The molecule has 6 rings (SSSR count). The smallest absolute Gasteiger partial charge is 0.00131 e. The second-order valence-corrected chi connectivity index (χ2v) is 12.2. The molecular formula is C44H54. The van der Waals surface area contributed by atoms with Gasteiger partial charge < -0.3 is 0 Å². The van der Waals surface area contributed by atoms with Crippen LogP contribution in [0.25, 0.3) is 34.4 Å². The zero-order valence-corrected chi connectivity index (χ0v) is 28.3. The predicted molar refractivity (Wildman–Crippen MR) is 197 cm³/mol. The number of fused-ring (bicyclic) bond motifs is 6. The molecule has 4 aromatic rings. The van der Waals surface area contributed by atoms with Gasteiger partial charge in [-0.25, -0.2) is 0 Å². The lowest BCUT2D eigenvalue weighted by Crippen LogP contribution is -1.85. The summed E-state index contributed by atoms with van der Waals surface area (Å²) in [4.78, 5) is 0. The highest BCUT2D eigenvalue weighted by atomic mass is 14.2. The van der Waals surface area contributed by atoms with Crippen molar-refractivity contribution in [1.82, 2.24) is 0 Å². The van der Waals surface area contributed by atoms with Crippen LogP contribution in [0.5, 0.6) is 0 Å². The van der Waals surface area contributed by atoms with Crippen LogP contribution in [-0.2, 0) is 25.7 Å². The van der Waals surface area contributed by atoms with Crippen LogP contribution in [0.15, 0.2) is 84.9 Å². The fourth-order valence-corrected chi connectivity index (χ4v) is 6.01. The molecule has 0 heteroatoms. The summed E-state index contributed by atoms with van der Waals surface area (Å²) in [6.07, 6.45) is 21.0. The Kier molecular flexibility index (Phi) is 12.9. The molecule has 2 aliphatic carbocycles. The normalized spacial score (nSPS) is 12.2. The van der Waals surface area contributed by atoms with Crippen LogP contribution in [0, 0.1) is 0 Å². The summed E-state index contributed by atoms with van der Waals surface area (Å²) < 4.78 is 0. The van der Waals surface area contributed by atoms with E-state index in [9.17, 15) is 0 Å². The zero-order chi connectivity index (χ0) is 31.3. The van der Waals surface area contributed by atoms with E-state index in [2.05, 4.69) is 139 Å². The van der Waals surface area contributed by atoms with Crippen LogP contribution < -0.4 is 0 Å². The summed E-state index contributed by atoms with van der Waals surface area (Å²) >= 11 is 0. The van der Waals surface area contributed by atoms with Gasteiger partial charge in [-0.2, -0.15) is 0 Å². The number of aryl methyl sites for hydroxylation is 2. The molecule has 230 valence electrons. The Morgan fingerprint density at radius 1 is 0.477 bits per heavy atom. The summed E-state index contributed by atoms with van der Waals surface area (Å²) in [6.45, 7) is 13.2. The number of unbranched alkanes of at least 4 members (excludes halogenated alkanes) is 3. The molecule has 44 heavy (non-hydrogen) atoms. The lowest BCUT2D eigenvalue weighted by molar-refractivity contribution is 0.886. The molecule has 0 saturated carbocycles. The van der Waals surface area contributed by atoms with Crippen LogP contribution in [-0.4, -0.2) is 0 Å². The highest BCUT2D eigenvalue weighted by Gasteiger charge is 2.21. The SMILES string of the molecule is CCCC.CCCC.CCc1ccc2c(c1)Cc1cccc(/C=C/CC/C=C/c3cccc4c3-c3ccc(CC)cc3C4)c1-2. The third kappa shape index (κ3) is 8.09. The van der Waals surface area contributed by atoms with Crippen LogP contribution in [0.4, 0.5) is 0 Å². The van der Waals surface area contributed by atoms with Gasteiger partial charge in [-0.3, -0.25) is 0 Å². The molecule has 0 aromatic heterocycles. The highest BCUT2D eigenvalue weighted by molar-refractivity contribution is 5.85. The first-order valence-electron chi connectivity index (χ1n) is 17.4. The van der Waals surface area contributed by atoms with Crippen molar-refractivity contribution in [2.24, 2.45) is 0 Å². The zero-order valence-electron chi connectivity index (χ0n) is 28.3. The molecule has 0 aliphatic heterocycles. The van der Waals surface area contributed by atoms with Crippen LogP contribution >= 0.6 is 0 Å². The van der Waals surface area contributed by atoms with Gasteiger partial charge >= 0.3 is 0 Å². The van der Waals surface area contributed by atoms with Crippen molar-refractivity contribution in [3.05, 3.63) is 129 Å². The van der Waals surface area contributed by atoms with Gasteiger partial charge in [-0.1, -0.05) is 164 Å². The van der Waals surface area contributed by atoms with Crippen LogP contribution in [0.1, 0.15) is 125 Å². The molecule has 0 N–H and O–H groups in total. The van der Waals surface area contributed by atoms with Crippen LogP contribution in [0.2, 0.25) is 0 Å². The molecule has 0 amide bonds. The molecular weight excluding hydrogens is 528 g/mol. The molecule has 0 radical (unpaired) electrons. The van der Waals surface area contributed by atoms with Gasteiger partial charge in [0.1, 0.15) is 0 Å². The minimum Gasteiger partial charge on any atom is -0.0836 e. The average molecular weight is 583 g/mol. The largest absolute Gasteiger partial charge is 0.0836 e.